The maximum Gasteiger partial charge on any atom is 0.270 e. The highest BCUT2D eigenvalue weighted by Gasteiger charge is 2.62. The summed E-state index contributed by atoms with van der Waals surface area (Å²) in [5.74, 6) is -2.51. The van der Waals surface area contributed by atoms with Crippen LogP contribution in [0.3, 0.4) is 0 Å². The maximum absolute atomic E-state index is 14.4. The van der Waals surface area contributed by atoms with E-state index in [-0.39, 0.29) is 37.4 Å². The summed E-state index contributed by atoms with van der Waals surface area (Å²) in [6, 6.07) is 6.27. The number of hydrogen-bond donors (Lipinski definition) is 4. The molecule has 0 unspecified atom stereocenters. The fourth-order valence-electron chi connectivity index (χ4n) is 7.54. The minimum absolute atomic E-state index is 0.0183. The highest BCUT2D eigenvalue weighted by atomic mass is 32.2. The number of aromatic nitrogens is 1. The number of fused-ring (bicyclic) bond motifs is 4. The van der Waals surface area contributed by atoms with E-state index in [0.717, 1.165) is 24.6 Å². The van der Waals surface area contributed by atoms with E-state index in [4.69, 9.17) is 4.74 Å². The molecule has 1 aromatic heterocycles. The minimum Gasteiger partial charge on any atom is -0.491 e. The van der Waals surface area contributed by atoms with Gasteiger partial charge in [-0.1, -0.05) is 43.2 Å². The lowest BCUT2D eigenvalue weighted by Crippen LogP contribution is -2.58. The molecule has 2 aliphatic carbocycles. The van der Waals surface area contributed by atoms with Crippen LogP contribution in [-0.2, 0) is 29.2 Å². The number of hydrogen-bond acceptors (Lipinski definition) is 9. The van der Waals surface area contributed by atoms with Gasteiger partial charge in [0.15, 0.2) is 0 Å². The van der Waals surface area contributed by atoms with Crippen molar-refractivity contribution >= 4 is 50.5 Å². The lowest BCUT2D eigenvalue weighted by molar-refractivity contribution is -0.142. The predicted octanol–water partition coefficient (Wildman–Crippen LogP) is 2.38. The first-order valence-corrected chi connectivity index (χ1v) is 20.1. The molecule has 7 rings (SSSR count). The SMILES string of the molecule is O=C1CCCCCOc2cccc3ccc(nc23)C(=O)N[C@H]2C[C@H]3C(=O)N[C@]4(C(=O)NS(=O)(=O)C5CC5)C[C@H]4/C=C\CCCCC[C@H](N1)C(=O)N3C2. The summed E-state index contributed by atoms with van der Waals surface area (Å²) < 4.78 is 33.8. The molecule has 3 fully saturated rings. The number of carbonyl (C=O) groups excluding carboxylic acids is 5. The van der Waals surface area contributed by atoms with Crippen molar-refractivity contribution in [3.63, 3.8) is 0 Å². The van der Waals surface area contributed by atoms with E-state index in [1.807, 2.05) is 24.3 Å². The lowest BCUT2D eigenvalue weighted by Gasteiger charge is -2.30. The molecule has 2 aromatic rings. The molecule has 0 radical (unpaired) electrons. The first kappa shape index (κ1) is 35.9. The minimum atomic E-state index is -3.89. The van der Waals surface area contributed by atoms with Gasteiger partial charge in [-0.3, -0.25) is 28.7 Å². The summed E-state index contributed by atoms with van der Waals surface area (Å²) in [6.45, 7) is 0.394. The summed E-state index contributed by atoms with van der Waals surface area (Å²) in [4.78, 5) is 75.1. The second kappa shape index (κ2) is 14.8. The molecule has 14 nitrogen and oxygen atoms in total. The molecule has 4 heterocycles. The van der Waals surface area contributed by atoms with Crippen LogP contribution in [0.1, 0.15) is 94.0 Å². The standard InChI is InChI=1S/C37H46N6O8S/c44-31-14-7-4-8-19-51-30-13-9-10-23-15-18-27(40-32(23)30)33(45)38-25-20-29-34(46)41-37(36(48)42-52(49,50)26-16-17-26)21-24(37)11-5-2-1-3-6-12-28(39-31)35(47)43(29)22-25/h5,9-11,13,15,18,24-26,28-29H,1-4,6-8,12,14,16-17,19-22H2,(H,38,45)(H,39,44)(H,41,46)(H,42,48)/b11-5-/t24-,25+,28+,29+,37-/m1/s1. The molecule has 52 heavy (non-hydrogen) atoms. The largest absolute Gasteiger partial charge is 0.491 e. The fraction of sp³-hybridized carbons (Fsp3) is 0.568. The van der Waals surface area contributed by atoms with Crippen molar-refractivity contribution in [3.05, 3.63) is 48.2 Å². The summed E-state index contributed by atoms with van der Waals surface area (Å²) in [7, 11) is -3.89. The molecule has 5 bridgehead atoms. The van der Waals surface area contributed by atoms with Gasteiger partial charge in [0.05, 0.1) is 11.9 Å². The quantitative estimate of drug-likeness (QED) is 0.343. The number of sulfonamides is 1. The van der Waals surface area contributed by atoms with Crippen molar-refractivity contribution in [2.75, 3.05) is 13.2 Å². The number of nitrogens with zero attached hydrogens (tertiary/aromatic N) is 2. The molecule has 278 valence electrons. The van der Waals surface area contributed by atoms with Gasteiger partial charge in [-0.15, -0.1) is 0 Å². The van der Waals surface area contributed by atoms with Crippen molar-refractivity contribution < 1.29 is 37.1 Å². The molecule has 15 heteroatoms. The number of nitrogens with one attached hydrogen (secondary N) is 4. The molecule has 0 spiro atoms. The Kier molecular flexibility index (Phi) is 10.2. The van der Waals surface area contributed by atoms with Crippen LogP contribution in [0.4, 0.5) is 0 Å². The van der Waals surface area contributed by atoms with Crippen molar-refractivity contribution in [1.82, 2.24) is 30.6 Å². The molecule has 5 atom stereocenters. The normalized spacial score (nSPS) is 29.9. The van der Waals surface area contributed by atoms with Crippen LogP contribution in [0, 0.1) is 5.92 Å². The number of para-hydroxylation sites is 1. The fourth-order valence-corrected chi connectivity index (χ4v) is 8.90. The molecule has 2 saturated carbocycles. The predicted molar refractivity (Wildman–Crippen MR) is 190 cm³/mol. The lowest BCUT2D eigenvalue weighted by atomic mass is 10.0. The summed E-state index contributed by atoms with van der Waals surface area (Å²) in [6.07, 6.45) is 10.6. The van der Waals surface area contributed by atoms with Gasteiger partial charge in [0.1, 0.15) is 34.6 Å². The van der Waals surface area contributed by atoms with E-state index in [9.17, 15) is 32.4 Å². The Balaban J connectivity index is 1.20. The second-order valence-electron chi connectivity index (χ2n) is 14.7. The van der Waals surface area contributed by atoms with Crippen molar-refractivity contribution in [2.45, 2.75) is 112 Å². The first-order valence-electron chi connectivity index (χ1n) is 18.5. The third-order valence-corrected chi connectivity index (χ3v) is 12.6. The van der Waals surface area contributed by atoms with Gasteiger partial charge in [-0.25, -0.2) is 13.4 Å². The van der Waals surface area contributed by atoms with Crippen molar-refractivity contribution in [1.29, 1.82) is 0 Å². The van der Waals surface area contributed by atoms with Gasteiger partial charge in [0.25, 0.3) is 11.8 Å². The number of pyridine rings is 1. The zero-order chi connectivity index (χ0) is 36.5. The van der Waals surface area contributed by atoms with Gasteiger partial charge in [0, 0.05) is 30.3 Å². The van der Waals surface area contributed by atoms with E-state index >= 15 is 0 Å². The molecule has 1 saturated heterocycles. The van der Waals surface area contributed by atoms with Crippen LogP contribution >= 0.6 is 0 Å². The summed E-state index contributed by atoms with van der Waals surface area (Å²) in [5.41, 5.74) is -0.824. The van der Waals surface area contributed by atoms with Gasteiger partial charge in [0.2, 0.25) is 27.7 Å². The second-order valence-corrected chi connectivity index (χ2v) is 16.7. The summed E-state index contributed by atoms with van der Waals surface area (Å²) >= 11 is 0. The van der Waals surface area contributed by atoms with Gasteiger partial charge in [-0.05, 0) is 76.3 Å². The smallest absolute Gasteiger partial charge is 0.270 e. The van der Waals surface area contributed by atoms with Gasteiger partial charge in [-0.2, -0.15) is 0 Å². The van der Waals surface area contributed by atoms with E-state index in [1.165, 1.54) is 4.90 Å². The highest BCUT2D eigenvalue weighted by molar-refractivity contribution is 7.91. The van der Waals surface area contributed by atoms with Crippen LogP contribution in [0.2, 0.25) is 0 Å². The molecule has 5 aliphatic rings. The molecular formula is C37H46N6O8S. The zero-order valence-corrected chi connectivity index (χ0v) is 29.9. The Morgan fingerprint density at radius 3 is 2.62 bits per heavy atom. The van der Waals surface area contributed by atoms with Gasteiger partial charge < -0.3 is 25.6 Å². The topological polar surface area (TPSA) is 193 Å². The number of allylic oxidation sites excluding steroid dienone is 1. The van der Waals surface area contributed by atoms with Crippen molar-refractivity contribution in [2.24, 2.45) is 5.92 Å². The third kappa shape index (κ3) is 7.79. The number of ether oxygens (including phenoxy) is 1. The van der Waals surface area contributed by atoms with Crippen LogP contribution in [-0.4, -0.2) is 89.9 Å². The van der Waals surface area contributed by atoms with Crippen LogP contribution in [0.5, 0.6) is 5.75 Å². The Bertz CT molecular complexity index is 1900. The number of benzene rings is 1. The van der Waals surface area contributed by atoms with E-state index in [1.54, 1.807) is 18.2 Å². The van der Waals surface area contributed by atoms with Crippen LogP contribution < -0.4 is 25.4 Å². The summed E-state index contributed by atoms with van der Waals surface area (Å²) in [5, 5.41) is 8.91. The van der Waals surface area contributed by atoms with E-state index in [0.29, 0.717) is 62.8 Å². The Morgan fingerprint density at radius 2 is 1.79 bits per heavy atom. The van der Waals surface area contributed by atoms with Crippen molar-refractivity contribution in [3.8, 4) is 5.75 Å². The van der Waals surface area contributed by atoms with Gasteiger partial charge >= 0.3 is 0 Å². The Hall–Kier alpha value is -4.53. The molecular weight excluding hydrogens is 689 g/mol. The maximum atomic E-state index is 14.4. The Labute approximate surface area is 302 Å². The Morgan fingerprint density at radius 1 is 0.962 bits per heavy atom. The highest BCUT2D eigenvalue weighted by Crippen LogP contribution is 2.46. The molecule has 3 aliphatic heterocycles. The number of carbonyl (C=O) groups is 5. The molecule has 4 N–H and O–H groups in total. The van der Waals surface area contributed by atoms with E-state index < -0.39 is 68.5 Å². The third-order valence-electron chi connectivity index (χ3n) is 10.8. The average Bonchev–Trinajstić information content (AvgIpc) is 4.04. The zero-order valence-electron chi connectivity index (χ0n) is 29.1. The van der Waals surface area contributed by atoms with Crippen LogP contribution in [0.25, 0.3) is 10.9 Å². The number of amides is 5. The number of rotatable bonds is 3. The monoisotopic (exact) mass is 734 g/mol. The van der Waals surface area contributed by atoms with E-state index in [2.05, 4.69) is 25.7 Å². The molecule has 5 amide bonds. The first-order chi connectivity index (χ1) is 25.0. The average molecular weight is 735 g/mol. The van der Waals surface area contributed by atoms with Crippen LogP contribution in [0.15, 0.2) is 42.5 Å². The molecule has 1 aromatic carbocycles.